The fourth-order valence-electron chi connectivity index (χ4n) is 2.44. The van der Waals surface area contributed by atoms with Crippen LogP contribution in [0, 0.1) is 0 Å². The maximum Gasteiger partial charge on any atom is 0.305 e. The van der Waals surface area contributed by atoms with Gasteiger partial charge in [0.2, 0.25) is 0 Å². The van der Waals surface area contributed by atoms with E-state index >= 15 is 0 Å². The van der Waals surface area contributed by atoms with Crippen LogP contribution in [-0.2, 0) is 10.0 Å². The summed E-state index contributed by atoms with van der Waals surface area (Å²) in [6, 6.07) is 14.7. The summed E-state index contributed by atoms with van der Waals surface area (Å²) in [7, 11) is -3.80. The van der Waals surface area contributed by atoms with Crippen molar-refractivity contribution >= 4 is 27.5 Å². The molecule has 0 saturated heterocycles. The van der Waals surface area contributed by atoms with Crippen molar-refractivity contribution in [2.75, 3.05) is 11.3 Å². The summed E-state index contributed by atoms with van der Waals surface area (Å²) in [5.74, 6) is -0.552. The van der Waals surface area contributed by atoms with E-state index in [2.05, 4.69) is 15.6 Å². The molecule has 2 aromatic carbocycles. The van der Waals surface area contributed by atoms with Gasteiger partial charge in [-0.1, -0.05) is 0 Å². The molecule has 0 aliphatic heterocycles. The number of hydrogen-bond donors (Lipinski definition) is 3. The van der Waals surface area contributed by atoms with Crippen LogP contribution in [0.3, 0.4) is 0 Å². The first-order valence-corrected chi connectivity index (χ1v) is 10.4. The number of sulfonamides is 1. The van der Waals surface area contributed by atoms with Crippen LogP contribution < -0.4 is 20.3 Å². The number of ether oxygens (including phenoxy) is 1. The molecule has 30 heavy (non-hydrogen) atoms. The van der Waals surface area contributed by atoms with Gasteiger partial charge < -0.3 is 9.15 Å². The predicted octanol–water partition coefficient (Wildman–Crippen LogP) is 2.55. The quantitative estimate of drug-likeness (QED) is 0.496. The van der Waals surface area contributed by atoms with Crippen LogP contribution in [0.15, 0.2) is 76.2 Å². The number of nitrogens with one attached hydrogen (secondary N) is 3. The molecule has 3 aromatic rings. The molecule has 0 saturated carbocycles. The highest BCUT2D eigenvalue weighted by atomic mass is 32.2. The minimum Gasteiger partial charge on any atom is -0.494 e. The van der Waals surface area contributed by atoms with Crippen molar-refractivity contribution in [3.63, 3.8) is 0 Å². The second kappa shape index (κ2) is 9.14. The number of furan rings is 1. The van der Waals surface area contributed by atoms with Gasteiger partial charge in [0.25, 0.3) is 15.9 Å². The first kappa shape index (κ1) is 20.9. The Balaban J connectivity index is 1.60. The first-order valence-electron chi connectivity index (χ1n) is 8.89. The second-order valence-corrected chi connectivity index (χ2v) is 7.66. The van der Waals surface area contributed by atoms with Gasteiger partial charge in [0.15, 0.2) is 5.76 Å². The van der Waals surface area contributed by atoms with Crippen molar-refractivity contribution in [3.05, 3.63) is 78.3 Å². The predicted molar refractivity (Wildman–Crippen MR) is 109 cm³/mol. The number of hydrogen-bond acceptors (Lipinski definition) is 6. The molecular formula is C20H19N3O6S. The number of rotatable bonds is 7. The molecule has 9 nitrogen and oxygen atoms in total. The SMILES string of the molecule is CCOc1ccc(S(=O)(=O)Nc2ccc(C(=O)NNC(=O)c3ccco3)cc2)cc1. The zero-order valence-corrected chi connectivity index (χ0v) is 16.7. The summed E-state index contributed by atoms with van der Waals surface area (Å²) in [4.78, 5) is 23.9. The zero-order valence-electron chi connectivity index (χ0n) is 15.9. The maximum absolute atomic E-state index is 12.5. The van der Waals surface area contributed by atoms with E-state index in [9.17, 15) is 18.0 Å². The third-order valence-electron chi connectivity index (χ3n) is 3.88. The van der Waals surface area contributed by atoms with E-state index in [1.807, 2.05) is 6.92 Å². The topological polar surface area (TPSA) is 127 Å². The third kappa shape index (κ3) is 5.17. The lowest BCUT2D eigenvalue weighted by Crippen LogP contribution is -2.41. The van der Waals surface area contributed by atoms with Gasteiger partial charge in [0.05, 0.1) is 17.8 Å². The summed E-state index contributed by atoms with van der Waals surface area (Å²) in [6.07, 6.45) is 1.34. The molecule has 2 amide bonds. The van der Waals surface area contributed by atoms with Crippen LogP contribution in [0.5, 0.6) is 5.75 Å². The largest absolute Gasteiger partial charge is 0.494 e. The normalized spacial score (nSPS) is 10.8. The van der Waals surface area contributed by atoms with Crippen LogP contribution in [0.25, 0.3) is 0 Å². The van der Waals surface area contributed by atoms with Crippen LogP contribution in [-0.4, -0.2) is 26.8 Å². The maximum atomic E-state index is 12.5. The van der Waals surface area contributed by atoms with Crippen molar-refractivity contribution in [1.29, 1.82) is 0 Å². The van der Waals surface area contributed by atoms with Gasteiger partial charge in [-0.05, 0) is 67.6 Å². The smallest absolute Gasteiger partial charge is 0.305 e. The lowest BCUT2D eigenvalue weighted by molar-refractivity contribution is 0.0831. The zero-order chi connectivity index (χ0) is 21.6. The summed E-state index contributed by atoms with van der Waals surface area (Å²) in [5, 5.41) is 0. The van der Waals surface area contributed by atoms with E-state index in [0.717, 1.165) is 0 Å². The molecule has 0 bridgehead atoms. The Labute approximate surface area is 173 Å². The molecular weight excluding hydrogens is 410 g/mol. The standard InChI is InChI=1S/C20H19N3O6S/c1-2-28-16-9-11-17(12-10-16)30(26,27)23-15-7-5-14(6-8-15)19(24)21-22-20(25)18-4-3-13-29-18/h3-13,23H,2H2,1H3,(H,21,24)(H,22,25). The summed E-state index contributed by atoms with van der Waals surface area (Å²) in [5.41, 5.74) is 4.96. The molecule has 0 spiro atoms. The molecule has 0 radical (unpaired) electrons. The summed E-state index contributed by atoms with van der Waals surface area (Å²) < 4.78 is 37.6. The van der Waals surface area contributed by atoms with Crippen molar-refractivity contribution < 1.29 is 27.2 Å². The molecule has 0 aliphatic rings. The van der Waals surface area contributed by atoms with Crippen LogP contribution >= 0.6 is 0 Å². The molecule has 3 rings (SSSR count). The Morgan fingerprint density at radius 3 is 2.20 bits per heavy atom. The highest BCUT2D eigenvalue weighted by Crippen LogP contribution is 2.19. The number of amides is 2. The summed E-state index contributed by atoms with van der Waals surface area (Å²) in [6.45, 7) is 2.32. The van der Waals surface area contributed by atoms with Crippen molar-refractivity contribution in [3.8, 4) is 5.75 Å². The molecule has 3 N–H and O–H groups in total. The van der Waals surface area contributed by atoms with Crippen LogP contribution in [0.2, 0.25) is 0 Å². The Morgan fingerprint density at radius 1 is 0.933 bits per heavy atom. The molecule has 0 fully saturated rings. The van der Waals surface area contributed by atoms with Crippen molar-refractivity contribution in [2.24, 2.45) is 0 Å². The fourth-order valence-corrected chi connectivity index (χ4v) is 3.50. The Morgan fingerprint density at radius 2 is 1.60 bits per heavy atom. The molecule has 1 aromatic heterocycles. The van der Waals surface area contributed by atoms with E-state index in [1.165, 1.54) is 48.7 Å². The number of anilines is 1. The number of benzene rings is 2. The van der Waals surface area contributed by atoms with Crippen LogP contribution in [0.4, 0.5) is 5.69 Å². The minimum absolute atomic E-state index is 0.0503. The van der Waals surface area contributed by atoms with E-state index in [-0.39, 0.29) is 21.9 Å². The molecule has 0 atom stereocenters. The second-order valence-electron chi connectivity index (χ2n) is 5.97. The first-order chi connectivity index (χ1) is 14.4. The van der Waals surface area contributed by atoms with E-state index in [4.69, 9.17) is 9.15 Å². The van der Waals surface area contributed by atoms with Gasteiger partial charge in [0, 0.05) is 11.3 Å². The monoisotopic (exact) mass is 429 g/mol. The van der Waals surface area contributed by atoms with Crippen LogP contribution in [0.1, 0.15) is 27.8 Å². The number of carbonyl (C=O) groups excluding carboxylic acids is 2. The highest BCUT2D eigenvalue weighted by molar-refractivity contribution is 7.92. The van der Waals surface area contributed by atoms with Gasteiger partial charge >= 0.3 is 5.91 Å². The lowest BCUT2D eigenvalue weighted by Gasteiger charge is -2.10. The van der Waals surface area contributed by atoms with Gasteiger partial charge in [-0.3, -0.25) is 25.2 Å². The van der Waals surface area contributed by atoms with E-state index < -0.39 is 21.8 Å². The van der Waals surface area contributed by atoms with Crippen molar-refractivity contribution in [2.45, 2.75) is 11.8 Å². The summed E-state index contributed by atoms with van der Waals surface area (Å²) >= 11 is 0. The average molecular weight is 429 g/mol. The average Bonchev–Trinajstić information content (AvgIpc) is 3.28. The number of hydrazine groups is 1. The minimum atomic E-state index is -3.80. The Bertz CT molecular complexity index is 1110. The third-order valence-corrected chi connectivity index (χ3v) is 5.28. The molecule has 1 heterocycles. The Hall–Kier alpha value is -3.79. The molecule has 0 unspecified atom stereocenters. The lowest BCUT2D eigenvalue weighted by atomic mass is 10.2. The molecule has 10 heteroatoms. The molecule has 156 valence electrons. The van der Waals surface area contributed by atoms with E-state index in [0.29, 0.717) is 12.4 Å². The van der Waals surface area contributed by atoms with Gasteiger partial charge in [-0.15, -0.1) is 0 Å². The van der Waals surface area contributed by atoms with Gasteiger partial charge in [0.1, 0.15) is 5.75 Å². The number of carbonyl (C=O) groups is 2. The van der Waals surface area contributed by atoms with Gasteiger partial charge in [-0.2, -0.15) is 0 Å². The van der Waals surface area contributed by atoms with E-state index in [1.54, 1.807) is 18.2 Å². The Kier molecular flexibility index (Phi) is 6.38. The van der Waals surface area contributed by atoms with Crippen molar-refractivity contribution in [1.82, 2.24) is 10.9 Å². The van der Waals surface area contributed by atoms with Gasteiger partial charge in [-0.25, -0.2) is 8.42 Å². The highest BCUT2D eigenvalue weighted by Gasteiger charge is 2.15. The molecule has 0 aliphatic carbocycles. The fraction of sp³-hybridized carbons (Fsp3) is 0.100.